The fourth-order valence-electron chi connectivity index (χ4n) is 3.35. The molecule has 0 aromatic heterocycles. The maximum absolute atomic E-state index is 12.9. The van der Waals surface area contributed by atoms with E-state index in [1.54, 1.807) is 9.80 Å². The maximum Gasteiger partial charge on any atom is 0.410 e. The van der Waals surface area contributed by atoms with Crippen LogP contribution in [0.4, 0.5) is 9.59 Å². The van der Waals surface area contributed by atoms with E-state index in [-0.39, 0.29) is 12.1 Å². The van der Waals surface area contributed by atoms with Crippen molar-refractivity contribution in [2.45, 2.75) is 104 Å². The second-order valence-corrected chi connectivity index (χ2v) is 9.74. The first-order valence-corrected chi connectivity index (χ1v) is 10.8. The molecule has 2 amide bonds. The summed E-state index contributed by atoms with van der Waals surface area (Å²) in [6, 6.07) is 0.133. The van der Waals surface area contributed by atoms with Crippen LogP contribution in [0.3, 0.4) is 0 Å². The molecule has 1 fully saturated rings. The van der Waals surface area contributed by atoms with E-state index in [0.29, 0.717) is 32.5 Å². The van der Waals surface area contributed by atoms with Gasteiger partial charge in [-0.1, -0.05) is 19.3 Å². The summed E-state index contributed by atoms with van der Waals surface area (Å²) in [5, 5.41) is 0. The lowest BCUT2D eigenvalue weighted by Crippen LogP contribution is -2.49. The largest absolute Gasteiger partial charge is 0.444 e. The van der Waals surface area contributed by atoms with Gasteiger partial charge in [-0.3, -0.25) is 0 Å². The molecule has 0 unspecified atom stereocenters. The van der Waals surface area contributed by atoms with E-state index in [1.807, 2.05) is 41.5 Å². The predicted molar refractivity (Wildman–Crippen MR) is 113 cm³/mol. The predicted octanol–water partition coefficient (Wildman–Crippen LogP) is 4.77. The minimum absolute atomic E-state index is 0.133. The molecule has 0 aromatic rings. The molecule has 0 radical (unpaired) electrons. The van der Waals surface area contributed by atoms with Crippen LogP contribution in [0.1, 0.15) is 86.5 Å². The van der Waals surface area contributed by atoms with E-state index in [1.165, 1.54) is 6.42 Å². The van der Waals surface area contributed by atoms with Gasteiger partial charge < -0.3 is 24.1 Å². The average Bonchev–Trinajstić information content (AvgIpc) is 2.58. The van der Waals surface area contributed by atoms with Crippen LogP contribution < -0.4 is 0 Å². The highest BCUT2D eigenvalue weighted by molar-refractivity contribution is 5.70. The Morgan fingerprint density at radius 1 is 0.862 bits per heavy atom. The molecular formula is C22H40N2O5. The van der Waals surface area contributed by atoms with Gasteiger partial charge in [-0.05, 0) is 60.8 Å². The van der Waals surface area contributed by atoms with E-state index in [2.05, 4.69) is 0 Å². The van der Waals surface area contributed by atoms with E-state index in [9.17, 15) is 14.4 Å². The number of rotatable bonds is 8. The topological polar surface area (TPSA) is 76.2 Å². The normalized spacial score (nSPS) is 15.5. The first kappa shape index (κ1) is 25.2. The van der Waals surface area contributed by atoms with Crippen LogP contribution in [0, 0.1) is 0 Å². The molecule has 0 saturated heterocycles. The summed E-state index contributed by atoms with van der Waals surface area (Å²) >= 11 is 0. The third kappa shape index (κ3) is 10.5. The maximum atomic E-state index is 12.9. The van der Waals surface area contributed by atoms with Crippen molar-refractivity contribution >= 4 is 18.5 Å². The van der Waals surface area contributed by atoms with Crippen molar-refractivity contribution < 1.29 is 23.9 Å². The molecule has 1 rings (SSSR count). The molecular weight excluding hydrogens is 372 g/mol. The molecule has 0 atom stereocenters. The first-order chi connectivity index (χ1) is 13.4. The lowest BCUT2D eigenvalue weighted by molar-refractivity contribution is -0.108. The summed E-state index contributed by atoms with van der Waals surface area (Å²) < 4.78 is 11.1. The fraction of sp³-hybridized carbons (Fsp3) is 0.864. The van der Waals surface area contributed by atoms with E-state index in [0.717, 1.165) is 32.0 Å². The summed E-state index contributed by atoms with van der Waals surface area (Å²) in [6.07, 6.45) is 6.34. The Morgan fingerprint density at radius 2 is 1.41 bits per heavy atom. The zero-order chi connectivity index (χ0) is 22.1. The van der Waals surface area contributed by atoms with Gasteiger partial charge >= 0.3 is 12.2 Å². The number of carbonyl (C=O) groups excluding carboxylic acids is 3. The number of aldehydes is 1. The molecule has 7 heteroatoms. The monoisotopic (exact) mass is 412 g/mol. The summed E-state index contributed by atoms with van der Waals surface area (Å²) in [5.41, 5.74) is -1.17. The van der Waals surface area contributed by atoms with Crippen LogP contribution in [-0.2, 0) is 14.3 Å². The molecule has 0 bridgehead atoms. The SMILES string of the molecule is CC(C)(C)OC(=O)N(CCCC=O)CCN(C(=O)OC(C)(C)C)C1CCCCC1. The Morgan fingerprint density at radius 3 is 1.93 bits per heavy atom. The zero-order valence-electron chi connectivity index (χ0n) is 19.2. The molecule has 0 spiro atoms. The lowest BCUT2D eigenvalue weighted by atomic mass is 9.94. The fourth-order valence-corrected chi connectivity index (χ4v) is 3.35. The minimum Gasteiger partial charge on any atom is -0.444 e. The molecule has 0 aliphatic heterocycles. The number of carbonyl (C=O) groups is 3. The Balaban J connectivity index is 2.86. The summed E-state index contributed by atoms with van der Waals surface area (Å²) in [5.74, 6) is 0. The minimum atomic E-state index is -0.603. The van der Waals surface area contributed by atoms with Crippen LogP contribution in [0.2, 0.25) is 0 Å². The van der Waals surface area contributed by atoms with Crippen LogP contribution in [0.15, 0.2) is 0 Å². The van der Waals surface area contributed by atoms with Crippen LogP contribution in [0.25, 0.3) is 0 Å². The molecule has 0 aromatic carbocycles. The van der Waals surface area contributed by atoms with Crippen LogP contribution in [-0.4, -0.2) is 65.2 Å². The summed E-state index contributed by atoms with van der Waals surface area (Å²) in [4.78, 5) is 39.5. The van der Waals surface area contributed by atoms with Gasteiger partial charge in [0.15, 0.2) is 0 Å². The van der Waals surface area contributed by atoms with Crippen LogP contribution >= 0.6 is 0 Å². The van der Waals surface area contributed by atoms with Crippen molar-refractivity contribution in [1.29, 1.82) is 0 Å². The quantitative estimate of drug-likeness (QED) is 0.424. The molecule has 0 N–H and O–H groups in total. The number of unbranched alkanes of at least 4 members (excludes halogenated alkanes) is 1. The Hall–Kier alpha value is -1.79. The van der Waals surface area contributed by atoms with Gasteiger partial charge in [0.05, 0.1) is 0 Å². The van der Waals surface area contributed by atoms with Crippen molar-refractivity contribution in [2.24, 2.45) is 0 Å². The summed E-state index contributed by atoms with van der Waals surface area (Å²) in [6.45, 7) is 12.2. The van der Waals surface area contributed by atoms with Crippen molar-refractivity contribution in [2.75, 3.05) is 19.6 Å². The molecule has 0 heterocycles. The highest BCUT2D eigenvalue weighted by Gasteiger charge is 2.30. The number of nitrogens with zero attached hydrogens (tertiary/aromatic N) is 2. The Kier molecular flexibility index (Phi) is 9.93. The standard InChI is InChI=1S/C22H40N2O5/c1-21(2,3)28-19(26)23(14-10-11-17-25)15-16-24(18-12-8-7-9-13-18)20(27)29-22(4,5)6/h17-18H,7-16H2,1-6H3. The first-order valence-electron chi connectivity index (χ1n) is 10.8. The average molecular weight is 413 g/mol. The number of hydrogen-bond acceptors (Lipinski definition) is 5. The van der Waals surface area contributed by atoms with Crippen molar-refractivity contribution in [1.82, 2.24) is 9.80 Å². The Labute approximate surface area is 176 Å². The third-order valence-electron chi connectivity index (χ3n) is 4.66. The molecule has 1 saturated carbocycles. The van der Waals surface area contributed by atoms with Gasteiger partial charge in [0.2, 0.25) is 0 Å². The van der Waals surface area contributed by atoms with E-state index >= 15 is 0 Å². The van der Waals surface area contributed by atoms with E-state index in [4.69, 9.17) is 9.47 Å². The molecule has 168 valence electrons. The van der Waals surface area contributed by atoms with Crippen molar-refractivity contribution in [3.05, 3.63) is 0 Å². The smallest absolute Gasteiger partial charge is 0.410 e. The number of amides is 2. The second-order valence-electron chi connectivity index (χ2n) is 9.74. The number of hydrogen-bond donors (Lipinski definition) is 0. The van der Waals surface area contributed by atoms with Crippen LogP contribution in [0.5, 0.6) is 0 Å². The zero-order valence-corrected chi connectivity index (χ0v) is 19.2. The lowest BCUT2D eigenvalue weighted by Gasteiger charge is -2.37. The molecule has 29 heavy (non-hydrogen) atoms. The highest BCUT2D eigenvalue weighted by Crippen LogP contribution is 2.24. The van der Waals surface area contributed by atoms with E-state index < -0.39 is 17.3 Å². The highest BCUT2D eigenvalue weighted by atomic mass is 16.6. The Bertz CT molecular complexity index is 530. The van der Waals surface area contributed by atoms with Gasteiger partial charge in [-0.2, -0.15) is 0 Å². The molecule has 1 aliphatic rings. The van der Waals surface area contributed by atoms with Crippen molar-refractivity contribution in [3.63, 3.8) is 0 Å². The van der Waals surface area contributed by atoms with Gasteiger partial charge in [0, 0.05) is 32.1 Å². The van der Waals surface area contributed by atoms with Gasteiger partial charge in [-0.15, -0.1) is 0 Å². The van der Waals surface area contributed by atoms with Gasteiger partial charge in [0.25, 0.3) is 0 Å². The number of ether oxygens (including phenoxy) is 2. The molecule has 7 nitrogen and oxygen atoms in total. The van der Waals surface area contributed by atoms with Gasteiger partial charge in [-0.25, -0.2) is 9.59 Å². The van der Waals surface area contributed by atoms with Crippen molar-refractivity contribution in [3.8, 4) is 0 Å². The third-order valence-corrected chi connectivity index (χ3v) is 4.66. The molecule has 1 aliphatic carbocycles. The van der Waals surface area contributed by atoms with Gasteiger partial charge in [0.1, 0.15) is 17.5 Å². The summed E-state index contributed by atoms with van der Waals surface area (Å²) in [7, 11) is 0. The second kappa shape index (κ2) is 11.4.